The van der Waals surface area contributed by atoms with E-state index in [1.165, 1.54) is 0 Å². The van der Waals surface area contributed by atoms with Gasteiger partial charge in [-0.3, -0.25) is 4.98 Å². The topological polar surface area (TPSA) is 51.8 Å². The second kappa shape index (κ2) is 5.16. The molecule has 3 nitrogen and oxygen atoms in total. The number of thiazole rings is 1. The van der Waals surface area contributed by atoms with Gasteiger partial charge in [0.2, 0.25) is 0 Å². The number of hydrogen-bond donors (Lipinski definition) is 1. The minimum Gasteiger partial charge on any atom is -0.324 e. The molecule has 0 saturated carbocycles. The average molecular weight is 261 g/mol. The summed E-state index contributed by atoms with van der Waals surface area (Å²) in [6, 6.07) is 3.92. The zero-order valence-electron chi connectivity index (χ0n) is 11.1. The van der Waals surface area contributed by atoms with Crippen LogP contribution in [0.3, 0.4) is 0 Å². The highest BCUT2D eigenvalue weighted by atomic mass is 32.1. The molecule has 2 heterocycles. The quantitative estimate of drug-likeness (QED) is 0.923. The Morgan fingerprint density at radius 3 is 2.50 bits per heavy atom. The van der Waals surface area contributed by atoms with E-state index in [4.69, 9.17) is 5.73 Å². The molecular formula is C14H19N3S. The Hall–Kier alpha value is -1.26. The van der Waals surface area contributed by atoms with Crippen LogP contribution < -0.4 is 5.73 Å². The highest BCUT2D eigenvalue weighted by molar-refractivity contribution is 7.09. The van der Waals surface area contributed by atoms with Crippen molar-refractivity contribution in [2.75, 3.05) is 0 Å². The van der Waals surface area contributed by atoms with Crippen molar-refractivity contribution in [1.29, 1.82) is 0 Å². The average Bonchev–Trinajstić information content (AvgIpc) is 2.78. The molecule has 0 radical (unpaired) electrons. The van der Waals surface area contributed by atoms with Crippen LogP contribution in [0.1, 0.15) is 43.1 Å². The molecule has 0 aliphatic carbocycles. The van der Waals surface area contributed by atoms with E-state index >= 15 is 0 Å². The Kier molecular flexibility index (Phi) is 3.78. The summed E-state index contributed by atoms with van der Waals surface area (Å²) in [5, 5.41) is 3.23. The SMILES string of the molecule is CC(C)(C)c1csc(CC(N)c2ccncc2)n1. The standard InChI is InChI=1S/C14H19N3S/c1-14(2,3)12-9-18-13(17-12)8-11(15)10-4-6-16-7-5-10/h4-7,9,11H,8,15H2,1-3H3. The van der Waals surface area contributed by atoms with Gasteiger partial charge in [0.25, 0.3) is 0 Å². The van der Waals surface area contributed by atoms with E-state index in [0.717, 1.165) is 22.7 Å². The summed E-state index contributed by atoms with van der Waals surface area (Å²) in [4.78, 5) is 8.67. The summed E-state index contributed by atoms with van der Waals surface area (Å²) in [6.07, 6.45) is 4.33. The maximum absolute atomic E-state index is 6.18. The fourth-order valence-electron chi connectivity index (χ4n) is 1.67. The third-order valence-corrected chi connectivity index (χ3v) is 3.72. The maximum Gasteiger partial charge on any atom is 0.0947 e. The molecule has 1 atom stereocenters. The summed E-state index contributed by atoms with van der Waals surface area (Å²) >= 11 is 1.69. The maximum atomic E-state index is 6.18. The van der Waals surface area contributed by atoms with Gasteiger partial charge in [-0.2, -0.15) is 0 Å². The summed E-state index contributed by atoms with van der Waals surface area (Å²) in [5.41, 5.74) is 8.54. The number of rotatable bonds is 3. The lowest BCUT2D eigenvalue weighted by atomic mass is 9.93. The van der Waals surface area contributed by atoms with E-state index < -0.39 is 0 Å². The Bertz CT molecular complexity index is 499. The fourth-order valence-corrected chi connectivity index (χ4v) is 2.75. The lowest BCUT2D eigenvalue weighted by Gasteiger charge is -2.14. The van der Waals surface area contributed by atoms with Crippen molar-refractivity contribution in [2.45, 2.75) is 38.6 Å². The van der Waals surface area contributed by atoms with E-state index in [1.54, 1.807) is 23.7 Å². The first-order chi connectivity index (χ1) is 8.47. The van der Waals surface area contributed by atoms with Crippen LogP contribution in [0.4, 0.5) is 0 Å². The molecule has 0 saturated heterocycles. The Labute approximate surface area is 112 Å². The molecule has 0 aliphatic heterocycles. The number of aromatic nitrogens is 2. The highest BCUT2D eigenvalue weighted by Gasteiger charge is 2.18. The molecule has 2 aromatic heterocycles. The van der Waals surface area contributed by atoms with Crippen molar-refractivity contribution in [2.24, 2.45) is 5.73 Å². The van der Waals surface area contributed by atoms with Crippen molar-refractivity contribution < 1.29 is 0 Å². The Balaban J connectivity index is 2.08. The normalized spacial score (nSPS) is 13.6. The first-order valence-corrected chi connectivity index (χ1v) is 6.95. The lowest BCUT2D eigenvalue weighted by Crippen LogP contribution is -2.14. The summed E-state index contributed by atoms with van der Waals surface area (Å²) < 4.78 is 0. The smallest absolute Gasteiger partial charge is 0.0947 e. The van der Waals surface area contributed by atoms with Crippen LogP contribution in [0.15, 0.2) is 29.9 Å². The zero-order valence-corrected chi connectivity index (χ0v) is 11.9. The molecule has 1 unspecified atom stereocenters. The molecule has 18 heavy (non-hydrogen) atoms. The highest BCUT2D eigenvalue weighted by Crippen LogP contribution is 2.25. The van der Waals surface area contributed by atoms with Crippen LogP contribution in [0.2, 0.25) is 0 Å². The number of hydrogen-bond acceptors (Lipinski definition) is 4. The van der Waals surface area contributed by atoms with Gasteiger partial charge in [0, 0.05) is 35.7 Å². The lowest BCUT2D eigenvalue weighted by molar-refractivity contribution is 0.569. The summed E-state index contributed by atoms with van der Waals surface area (Å²) in [7, 11) is 0. The van der Waals surface area contributed by atoms with Gasteiger partial charge >= 0.3 is 0 Å². The van der Waals surface area contributed by atoms with Gasteiger partial charge in [-0.25, -0.2) is 4.98 Å². The second-order valence-electron chi connectivity index (χ2n) is 5.47. The molecule has 0 amide bonds. The van der Waals surface area contributed by atoms with Crippen molar-refractivity contribution >= 4 is 11.3 Å². The molecule has 96 valence electrons. The molecule has 0 fully saturated rings. The number of nitrogens with two attached hydrogens (primary N) is 1. The molecule has 0 spiro atoms. The van der Waals surface area contributed by atoms with E-state index in [2.05, 4.69) is 36.1 Å². The predicted octanol–water partition coefficient (Wildman–Crippen LogP) is 3.08. The van der Waals surface area contributed by atoms with Crippen LogP contribution in [0, 0.1) is 0 Å². The first-order valence-electron chi connectivity index (χ1n) is 6.07. The monoisotopic (exact) mass is 261 g/mol. The predicted molar refractivity (Wildman–Crippen MR) is 75.7 cm³/mol. The minimum atomic E-state index is -0.00744. The van der Waals surface area contributed by atoms with E-state index in [1.807, 2.05) is 12.1 Å². The van der Waals surface area contributed by atoms with Gasteiger partial charge in [-0.1, -0.05) is 20.8 Å². The van der Waals surface area contributed by atoms with Gasteiger partial charge in [0.05, 0.1) is 10.7 Å². The van der Waals surface area contributed by atoms with Crippen molar-refractivity contribution in [3.63, 3.8) is 0 Å². The van der Waals surface area contributed by atoms with Crippen LogP contribution in [-0.2, 0) is 11.8 Å². The van der Waals surface area contributed by atoms with Crippen LogP contribution in [-0.4, -0.2) is 9.97 Å². The Morgan fingerprint density at radius 2 is 1.94 bits per heavy atom. The number of pyridine rings is 1. The van der Waals surface area contributed by atoms with Gasteiger partial charge in [-0.05, 0) is 17.7 Å². The van der Waals surface area contributed by atoms with E-state index in [9.17, 15) is 0 Å². The second-order valence-corrected chi connectivity index (χ2v) is 6.41. The molecular weight excluding hydrogens is 242 g/mol. The van der Waals surface area contributed by atoms with E-state index in [-0.39, 0.29) is 11.5 Å². The fraction of sp³-hybridized carbons (Fsp3) is 0.429. The third kappa shape index (κ3) is 3.15. The molecule has 2 N–H and O–H groups in total. The van der Waals surface area contributed by atoms with E-state index in [0.29, 0.717) is 0 Å². The summed E-state index contributed by atoms with van der Waals surface area (Å²) in [6.45, 7) is 6.53. The van der Waals surface area contributed by atoms with Crippen molar-refractivity contribution in [3.8, 4) is 0 Å². The van der Waals surface area contributed by atoms with Crippen LogP contribution in [0.25, 0.3) is 0 Å². The third-order valence-electron chi connectivity index (χ3n) is 2.85. The van der Waals surface area contributed by atoms with Crippen molar-refractivity contribution in [1.82, 2.24) is 9.97 Å². The molecule has 2 aromatic rings. The Morgan fingerprint density at radius 1 is 1.28 bits per heavy atom. The molecule has 2 rings (SSSR count). The molecule has 0 bridgehead atoms. The minimum absolute atomic E-state index is 0.00744. The van der Waals surface area contributed by atoms with Gasteiger partial charge in [0.1, 0.15) is 0 Å². The van der Waals surface area contributed by atoms with Gasteiger partial charge in [0.15, 0.2) is 0 Å². The molecule has 4 heteroatoms. The number of nitrogens with zero attached hydrogens (tertiary/aromatic N) is 2. The van der Waals surface area contributed by atoms with Crippen LogP contribution >= 0.6 is 11.3 Å². The molecule has 0 aromatic carbocycles. The van der Waals surface area contributed by atoms with Gasteiger partial charge < -0.3 is 5.73 Å². The largest absolute Gasteiger partial charge is 0.324 e. The first kappa shape index (κ1) is 13.2. The summed E-state index contributed by atoms with van der Waals surface area (Å²) in [5.74, 6) is 0. The van der Waals surface area contributed by atoms with Gasteiger partial charge in [-0.15, -0.1) is 11.3 Å². The molecule has 0 aliphatic rings. The van der Waals surface area contributed by atoms with Crippen LogP contribution in [0.5, 0.6) is 0 Å². The van der Waals surface area contributed by atoms with Crippen molar-refractivity contribution in [3.05, 3.63) is 46.2 Å². The zero-order chi connectivity index (χ0) is 13.2.